The van der Waals surface area contributed by atoms with Gasteiger partial charge in [-0.2, -0.15) is 0 Å². The van der Waals surface area contributed by atoms with Crippen molar-refractivity contribution in [3.05, 3.63) is 48.0 Å². The van der Waals surface area contributed by atoms with Crippen molar-refractivity contribution in [2.75, 3.05) is 7.11 Å². The second-order valence-electron chi connectivity index (χ2n) is 8.86. The van der Waals surface area contributed by atoms with Crippen LogP contribution in [0.25, 0.3) is 0 Å². The van der Waals surface area contributed by atoms with E-state index >= 15 is 0 Å². The lowest BCUT2D eigenvalue weighted by Crippen LogP contribution is -2.46. The minimum absolute atomic E-state index is 0.0139. The minimum atomic E-state index is -0.785. The van der Waals surface area contributed by atoms with Gasteiger partial charge in [-0.3, -0.25) is 4.79 Å². The first-order valence-corrected chi connectivity index (χ1v) is 10.5. The van der Waals surface area contributed by atoms with Crippen LogP contribution in [0.3, 0.4) is 0 Å². The quantitative estimate of drug-likeness (QED) is 0.459. The summed E-state index contributed by atoms with van der Waals surface area (Å²) in [7, 11) is 1.30. The molecule has 0 fully saturated rings. The van der Waals surface area contributed by atoms with Crippen LogP contribution in [-0.2, 0) is 25.5 Å². The molecule has 2 N–H and O–H groups in total. The van der Waals surface area contributed by atoms with Crippen LogP contribution in [0.15, 0.2) is 42.5 Å². The Hall–Kier alpha value is -2.83. The summed E-state index contributed by atoms with van der Waals surface area (Å²) in [6.07, 6.45) is 3.31. The number of benzene rings is 1. The highest BCUT2D eigenvalue weighted by molar-refractivity contribution is 5.87. The minimum Gasteiger partial charge on any atom is -0.467 e. The highest BCUT2D eigenvalue weighted by Gasteiger charge is 2.27. The van der Waals surface area contributed by atoms with Crippen molar-refractivity contribution in [1.82, 2.24) is 10.6 Å². The van der Waals surface area contributed by atoms with E-state index in [4.69, 9.17) is 9.47 Å². The zero-order valence-corrected chi connectivity index (χ0v) is 19.6. The van der Waals surface area contributed by atoms with E-state index < -0.39 is 29.6 Å². The van der Waals surface area contributed by atoms with Gasteiger partial charge >= 0.3 is 12.1 Å². The number of ether oxygens (including phenoxy) is 2. The Morgan fingerprint density at radius 2 is 1.61 bits per heavy atom. The molecule has 0 radical (unpaired) electrons. The third-order valence-corrected chi connectivity index (χ3v) is 4.46. The lowest BCUT2D eigenvalue weighted by Gasteiger charge is -2.23. The Morgan fingerprint density at radius 3 is 2.13 bits per heavy atom. The van der Waals surface area contributed by atoms with E-state index in [1.54, 1.807) is 39.8 Å². The van der Waals surface area contributed by atoms with Gasteiger partial charge in [-0.05, 0) is 39.2 Å². The van der Waals surface area contributed by atoms with Crippen LogP contribution in [0.4, 0.5) is 4.79 Å². The molecule has 0 aromatic heterocycles. The van der Waals surface area contributed by atoms with E-state index in [1.165, 1.54) is 7.11 Å². The maximum absolute atomic E-state index is 12.9. The fraction of sp³-hybridized carbons (Fsp3) is 0.542. The van der Waals surface area contributed by atoms with Crippen molar-refractivity contribution >= 4 is 18.0 Å². The number of carbonyl (C=O) groups is 3. The number of carbonyl (C=O) groups excluding carboxylic acids is 3. The predicted molar refractivity (Wildman–Crippen MR) is 120 cm³/mol. The van der Waals surface area contributed by atoms with E-state index in [-0.39, 0.29) is 17.9 Å². The topological polar surface area (TPSA) is 93.7 Å². The number of rotatable bonds is 9. The summed E-state index contributed by atoms with van der Waals surface area (Å²) in [6, 6.07) is 8.32. The fourth-order valence-electron chi connectivity index (χ4n) is 2.89. The van der Waals surface area contributed by atoms with Crippen LogP contribution in [0, 0.1) is 11.8 Å². The second kappa shape index (κ2) is 12.1. The number of amides is 2. The normalized spacial score (nSPS) is 14.6. The van der Waals surface area contributed by atoms with Crippen molar-refractivity contribution in [1.29, 1.82) is 0 Å². The molecule has 0 saturated heterocycles. The molecule has 0 spiro atoms. The van der Waals surface area contributed by atoms with Crippen LogP contribution >= 0.6 is 0 Å². The van der Waals surface area contributed by atoms with Crippen molar-refractivity contribution in [3.63, 3.8) is 0 Å². The Morgan fingerprint density at radius 1 is 1.00 bits per heavy atom. The predicted octanol–water partition coefficient (Wildman–Crippen LogP) is 3.63. The molecule has 0 aliphatic carbocycles. The third kappa shape index (κ3) is 10.2. The van der Waals surface area contributed by atoms with Crippen molar-refractivity contribution in [2.24, 2.45) is 11.8 Å². The van der Waals surface area contributed by atoms with E-state index in [9.17, 15) is 14.4 Å². The molecule has 0 bridgehead atoms. The largest absolute Gasteiger partial charge is 0.467 e. The van der Waals surface area contributed by atoms with Gasteiger partial charge < -0.3 is 20.1 Å². The smallest absolute Gasteiger partial charge is 0.408 e. The molecule has 1 aromatic rings. The molecule has 172 valence electrons. The summed E-state index contributed by atoms with van der Waals surface area (Å²) >= 11 is 0. The van der Waals surface area contributed by atoms with Gasteiger partial charge in [-0.15, -0.1) is 0 Å². The first-order valence-electron chi connectivity index (χ1n) is 10.5. The van der Waals surface area contributed by atoms with Crippen molar-refractivity contribution in [2.45, 2.75) is 65.6 Å². The van der Waals surface area contributed by atoms with Gasteiger partial charge in [0.2, 0.25) is 5.91 Å². The summed E-state index contributed by atoms with van der Waals surface area (Å²) in [4.78, 5) is 37.1. The lowest BCUT2D eigenvalue weighted by atomic mass is 9.93. The van der Waals surface area contributed by atoms with E-state index in [0.717, 1.165) is 5.56 Å². The second-order valence-corrected chi connectivity index (χ2v) is 8.86. The molecule has 3 atom stereocenters. The summed E-state index contributed by atoms with van der Waals surface area (Å²) in [5.41, 5.74) is 0.334. The zero-order valence-electron chi connectivity index (χ0n) is 19.6. The molecular weight excluding hydrogens is 396 g/mol. The summed E-state index contributed by atoms with van der Waals surface area (Å²) in [5, 5.41) is 5.53. The number of esters is 1. The molecule has 0 unspecified atom stereocenters. The molecule has 0 aliphatic rings. The fourth-order valence-corrected chi connectivity index (χ4v) is 2.89. The van der Waals surface area contributed by atoms with Crippen LogP contribution in [-0.4, -0.2) is 42.8 Å². The molecule has 0 aliphatic heterocycles. The van der Waals surface area contributed by atoms with Crippen molar-refractivity contribution < 1.29 is 23.9 Å². The first kappa shape index (κ1) is 26.2. The van der Waals surface area contributed by atoms with E-state index in [2.05, 4.69) is 10.6 Å². The Kier molecular flexibility index (Phi) is 10.3. The first-order chi connectivity index (χ1) is 14.4. The number of hydrogen-bond acceptors (Lipinski definition) is 5. The molecule has 1 aromatic carbocycles. The molecule has 7 nitrogen and oxygen atoms in total. The molecule has 2 amide bonds. The Labute approximate surface area is 185 Å². The molecular formula is C24H36N2O5. The standard InChI is InChI=1S/C24H36N2O5/c1-16(2)19(14-13-17(3)25-23(29)31-24(4,5)6)21(27)26-20(22(28)30-7)15-18-11-9-8-10-12-18/h8-14,16-17,19-20H,15H2,1-7H3,(H,25,29)(H,26,27)/b14-13+/t17-,19+,20-/m0/s1. The summed E-state index contributed by atoms with van der Waals surface area (Å²) in [6.45, 7) is 11.0. The average molecular weight is 433 g/mol. The molecule has 0 heterocycles. The molecule has 1 rings (SSSR count). The van der Waals surface area contributed by atoms with E-state index in [1.807, 2.05) is 44.2 Å². The van der Waals surface area contributed by atoms with Gasteiger partial charge in [0.05, 0.1) is 13.0 Å². The van der Waals surface area contributed by atoms with Gasteiger partial charge in [0.25, 0.3) is 0 Å². The number of hydrogen-bond donors (Lipinski definition) is 2. The van der Waals surface area contributed by atoms with Crippen LogP contribution in [0.1, 0.15) is 47.1 Å². The summed E-state index contributed by atoms with van der Waals surface area (Å²) in [5.74, 6) is -1.27. The third-order valence-electron chi connectivity index (χ3n) is 4.46. The van der Waals surface area contributed by atoms with Gasteiger partial charge in [0, 0.05) is 12.5 Å². The number of nitrogens with one attached hydrogen (secondary N) is 2. The van der Waals surface area contributed by atoms with Gasteiger partial charge in [0.1, 0.15) is 11.6 Å². The van der Waals surface area contributed by atoms with Gasteiger partial charge in [0.15, 0.2) is 0 Å². The van der Waals surface area contributed by atoms with Crippen LogP contribution in [0.5, 0.6) is 0 Å². The maximum Gasteiger partial charge on any atom is 0.408 e. The van der Waals surface area contributed by atoms with Crippen molar-refractivity contribution in [3.8, 4) is 0 Å². The zero-order chi connectivity index (χ0) is 23.6. The van der Waals surface area contributed by atoms with Gasteiger partial charge in [-0.25, -0.2) is 9.59 Å². The molecule has 7 heteroatoms. The van der Waals surface area contributed by atoms with Crippen LogP contribution < -0.4 is 10.6 Å². The highest BCUT2D eigenvalue weighted by atomic mass is 16.6. The number of methoxy groups -OCH3 is 1. The van der Waals surface area contributed by atoms with Crippen LogP contribution in [0.2, 0.25) is 0 Å². The highest BCUT2D eigenvalue weighted by Crippen LogP contribution is 2.15. The SMILES string of the molecule is COC(=O)[C@H](Cc1ccccc1)NC(=O)[C@H](/C=C/[C@H](C)NC(=O)OC(C)(C)C)C(C)C. The Bertz CT molecular complexity index is 753. The maximum atomic E-state index is 12.9. The molecule has 31 heavy (non-hydrogen) atoms. The van der Waals surface area contributed by atoms with Gasteiger partial charge in [-0.1, -0.05) is 56.3 Å². The Balaban J connectivity index is 2.82. The number of alkyl carbamates (subject to hydrolysis) is 1. The monoisotopic (exact) mass is 432 g/mol. The lowest BCUT2D eigenvalue weighted by molar-refractivity contribution is -0.145. The molecule has 0 saturated carbocycles. The van der Waals surface area contributed by atoms with E-state index in [0.29, 0.717) is 6.42 Å². The summed E-state index contributed by atoms with van der Waals surface area (Å²) < 4.78 is 10.1. The average Bonchev–Trinajstić information content (AvgIpc) is 2.65.